The third kappa shape index (κ3) is 7.13. The number of carbonyl (C=O) groups is 3. The quantitative estimate of drug-likeness (QED) is 0.614. The van der Waals surface area contributed by atoms with Crippen molar-refractivity contribution < 1.29 is 19.5 Å². The Kier molecular flexibility index (Phi) is 6.76. The van der Waals surface area contributed by atoms with E-state index in [9.17, 15) is 14.4 Å². The summed E-state index contributed by atoms with van der Waals surface area (Å²) in [5.74, 6) is -1.07. The number of nitrogens with one attached hydrogen (secondary N) is 3. The Morgan fingerprint density at radius 3 is 2.21 bits per heavy atom. The molecule has 0 atom stereocenters. The SMILES string of the molecule is CC(C)NC(=O)c1ccc(NC(=O)NC(C)(C)CCC(=O)O)cc1. The average Bonchev–Trinajstić information content (AvgIpc) is 2.44. The minimum absolute atomic E-state index is 0.0209. The molecule has 7 heteroatoms. The van der Waals surface area contributed by atoms with E-state index < -0.39 is 17.5 Å². The second-order valence-corrected chi connectivity index (χ2v) is 6.56. The number of anilines is 1. The van der Waals surface area contributed by atoms with Gasteiger partial charge < -0.3 is 21.1 Å². The van der Waals surface area contributed by atoms with Crippen LogP contribution in [0.4, 0.5) is 10.5 Å². The molecular weight excluding hydrogens is 310 g/mol. The molecule has 0 spiro atoms. The van der Waals surface area contributed by atoms with Crippen LogP contribution in [-0.2, 0) is 4.79 Å². The van der Waals surface area contributed by atoms with Gasteiger partial charge in [0, 0.05) is 29.3 Å². The molecule has 0 unspecified atom stereocenters. The Morgan fingerprint density at radius 2 is 1.71 bits per heavy atom. The Labute approximate surface area is 141 Å². The molecule has 0 fully saturated rings. The molecule has 0 radical (unpaired) electrons. The lowest BCUT2D eigenvalue weighted by molar-refractivity contribution is -0.137. The van der Waals surface area contributed by atoms with Crippen LogP contribution in [0.2, 0.25) is 0 Å². The first-order valence-electron chi connectivity index (χ1n) is 7.81. The van der Waals surface area contributed by atoms with Crippen LogP contribution in [-0.4, -0.2) is 34.6 Å². The highest BCUT2D eigenvalue weighted by atomic mass is 16.4. The van der Waals surface area contributed by atoms with Gasteiger partial charge in [-0.25, -0.2) is 4.79 Å². The zero-order valence-corrected chi connectivity index (χ0v) is 14.5. The molecule has 0 saturated carbocycles. The van der Waals surface area contributed by atoms with Gasteiger partial charge in [-0.15, -0.1) is 0 Å². The molecule has 1 rings (SSSR count). The number of urea groups is 1. The highest BCUT2D eigenvalue weighted by molar-refractivity contribution is 5.95. The molecule has 0 saturated heterocycles. The van der Waals surface area contributed by atoms with Crippen molar-refractivity contribution in [2.75, 3.05) is 5.32 Å². The highest BCUT2D eigenvalue weighted by Gasteiger charge is 2.21. The lowest BCUT2D eigenvalue weighted by atomic mass is 9.99. The second kappa shape index (κ2) is 8.33. The van der Waals surface area contributed by atoms with Gasteiger partial charge in [-0.05, 0) is 58.4 Å². The van der Waals surface area contributed by atoms with E-state index in [1.807, 2.05) is 13.8 Å². The summed E-state index contributed by atoms with van der Waals surface area (Å²) in [5, 5.41) is 16.9. The van der Waals surface area contributed by atoms with Crippen molar-refractivity contribution in [3.8, 4) is 0 Å². The van der Waals surface area contributed by atoms with Gasteiger partial charge in [-0.3, -0.25) is 9.59 Å². The number of carbonyl (C=O) groups excluding carboxylic acids is 2. The standard InChI is InChI=1S/C17H25N3O4/c1-11(2)18-15(23)12-5-7-13(8-6-12)19-16(24)20-17(3,4)10-9-14(21)22/h5-8,11H,9-10H2,1-4H3,(H,18,23)(H,21,22)(H2,19,20,24). The van der Waals surface area contributed by atoms with Gasteiger partial charge in [-0.1, -0.05) is 0 Å². The van der Waals surface area contributed by atoms with Crippen LogP contribution in [0.3, 0.4) is 0 Å². The molecule has 4 N–H and O–H groups in total. The summed E-state index contributed by atoms with van der Waals surface area (Å²) in [6.45, 7) is 7.28. The first-order valence-corrected chi connectivity index (χ1v) is 7.81. The van der Waals surface area contributed by atoms with Gasteiger partial charge in [0.05, 0.1) is 0 Å². The summed E-state index contributed by atoms with van der Waals surface area (Å²) < 4.78 is 0. The number of amides is 3. The topological polar surface area (TPSA) is 108 Å². The first kappa shape index (κ1) is 19.5. The zero-order chi connectivity index (χ0) is 18.3. The van der Waals surface area contributed by atoms with Crippen molar-refractivity contribution in [1.82, 2.24) is 10.6 Å². The summed E-state index contributed by atoms with van der Waals surface area (Å²) in [7, 11) is 0. The van der Waals surface area contributed by atoms with Crippen molar-refractivity contribution >= 4 is 23.6 Å². The van der Waals surface area contributed by atoms with E-state index in [1.54, 1.807) is 38.1 Å². The van der Waals surface area contributed by atoms with Gasteiger partial charge in [0.25, 0.3) is 5.91 Å². The van der Waals surface area contributed by atoms with E-state index in [2.05, 4.69) is 16.0 Å². The van der Waals surface area contributed by atoms with E-state index in [4.69, 9.17) is 5.11 Å². The lowest BCUT2D eigenvalue weighted by Gasteiger charge is -2.25. The summed E-state index contributed by atoms with van der Waals surface area (Å²) in [4.78, 5) is 34.4. The molecule has 1 aromatic rings. The van der Waals surface area contributed by atoms with E-state index in [0.29, 0.717) is 17.7 Å². The molecule has 0 aliphatic heterocycles. The first-order chi connectivity index (χ1) is 11.1. The van der Waals surface area contributed by atoms with Gasteiger partial charge in [0.15, 0.2) is 0 Å². The normalized spacial score (nSPS) is 11.0. The maximum atomic E-state index is 12.0. The van der Waals surface area contributed by atoms with Crippen molar-refractivity contribution in [3.63, 3.8) is 0 Å². The second-order valence-electron chi connectivity index (χ2n) is 6.56. The van der Waals surface area contributed by atoms with Crippen LogP contribution in [0.1, 0.15) is 50.9 Å². The van der Waals surface area contributed by atoms with Crippen LogP contribution in [0, 0.1) is 0 Å². The third-order valence-electron chi connectivity index (χ3n) is 3.24. The molecule has 1 aromatic carbocycles. The van der Waals surface area contributed by atoms with Gasteiger partial charge in [0.1, 0.15) is 0 Å². The van der Waals surface area contributed by atoms with Gasteiger partial charge in [0.2, 0.25) is 0 Å². The molecule has 24 heavy (non-hydrogen) atoms. The Morgan fingerprint density at radius 1 is 1.12 bits per heavy atom. The monoisotopic (exact) mass is 335 g/mol. The van der Waals surface area contributed by atoms with Gasteiger partial charge >= 0.3 is 12.0 Å². The van der Waals surface area contributed by atoms with Crippen LogP contribution in [0.15, 0.2) is 24.3 Å². The minimum atomic E-state index is -0.902. The largest absolute Gasteiger partial charge is 0.481 e. The number of carboxylic acid groups (broad SMARTS) is 1. The molecular formula is C17H25N3O4. The molecule has 0 aliphatic rings. The molecule has 132 valence electrons. The maximum Gasteiger partial charge on any atom is 0.319 e. The van der Waals surface area contributed by atoms with Crippen molar-refractivity contribution in [1.29, 1.82) is 0 Å². The molecule has 7 nitrogen and oxygen atoms in total. The Hall–Kier alpha value is -2.57. The Balaban J connectivity index is 2.58. The lowest BCUT2D eigenvalue weighted by Crippen LogP contribution is -2.45. The van der Waals surface area contributed by atoms with Crippen molar-refractivity contribution in [3.05, 3.63) is 29.8 Å². The minimum Gasteiger partial charge on any atom is -0.481 e. The average molecular weight is 335 g/mol. The number of rotatable bonds is 7. The predicted octanol–water partition coefficient (Wildman–Crippen LogP) is 2.59. The fourth-order valence-electron chi connectivity index (χ4n) is 2.00. The number of aliphatic carboxylic acids is 1. The van der Waals surface area contributed by atoms with Crippen LogP contribution >= 0.6 is 0 Å². The molecule has 0 bridgehead atoms. The van der Waals surface area contributed by atoms with Crippen LogP contribution in [0.5, 0.6) is 0 Å². The van der Waals surface area contributed by atoms with E-state index in [1.165, 1.54) is 0 Å². The summed E-state index contributed by atoms with van der Waals surface area (Å²) in [5.41, 5.74) is 0.415. The maximum absolute atomic E-state index is 12.0. The van der Waals surface area contributed by atoms with E-state index >= 15 is 0 Å². The fraction of sp³-hybridized carbons (Fsp3) is 0.471. The summed E-state index contributed by atoms with van der Waals surface area (Å²) in [6.07, 6.45) is 0.303. The third-order valence-corrected chi connectivity index (χ3v) is 3.24. The predicted molar refractivity (Wildman–Crippen MR) is 92.1 cm³/mol. The Bertz CT molecular complexity index is 594. The van der Waals surface area contributed by atoms with Crippen LogP contribution < -0.4 is 16.0 Å². The number of hydrogen-bond donors (Lipinski definition) is 4. The summed E-state index contributed by atoms with van der Waals surface area (Å²) >= 11 is 0. The molecule has 3 amide bonds. The van der Waals surface area contributed by atoms with Crippen molar-refractivity contribution in [2.45, 2.75) is 52.1 Å². The van der Waals surface area contributed by atoms with Gasteiger partial charge in [-0.2, -0.15) is 0 Å². The number of carboxylic acids is 1. The fourth-order valence-corrected chi connectivity index (χ4v) is 2.00. The smallest absolute Gasteiger partial charge is 0.319 e. The van der Waals surface area contributed by atoms with Crippen molar-refractivity contribution in [2.24, 2.45) is 0 Å². The summed E-state index contributed by atoms with van der Waals surface area (Å²) in [6, 6.07) is 6.16. The van der Waals surface area contributed by atoms with E-state index in [-0.39, 0.29) is 18.4 Å². The van der Waals surface area contributed by atoms with E-state index in [0.717, 1.165) is 0 Å². The molecule has 0 aromatic heterocycles. The zero-order valence-electron chi connectivity index (χ0n) is 14.5. The molecule has 0 aliphatic carbocycles. The molecule has 0 heterocycles. The van der Waals surface area contributed by atoms with Crippen LogP contribution in [0.25, 0.3) is 0 Å². The number of benzene rings is 1. The number of hydrogen-bond acceptors (Lipinski definition) is 3. The highest BCUT2D eigenvalue weighted by Crippen LogP contribution is 2.13.